The summed E-state index contributed by atoms with van der Waals surface area (Å²) in [7, 11) is 1.51. The highest BCUT2D eigenvalue weighted by molar-refractivity contribution is 6.19. The molecule has 10 nitrogen and oxygen atoms in total. The van der Waals surface area contributed by atoms with Crippen molar-refractivity contribution in [1.29, 1.82) is 0 Å². The molecule has 1 amide bonds. The largest absolute Gasteiger partial charge is 0.497 e. The predicted octanol–water partition coefficient (Wildman–Crippen LogP) is 2.32. The molecule has 10 heteroatoms. The SMILES string of the molecule is COc1ccc(C2=C(OCC(=O)[C@H](CC(=O)O)NC(=O)OCc3ccccc3)COC2=O)cc1. The summed E-state index contributed by atoms with van der Waals surface area (Å²) in [5, 5.41) is 11.4. The molecule has 0 saturated heterocycles. The average Bonchev–Trinajstić information content (AvgIpc) is 3.21. The van der Waals surface area contributed by atoms with Crippen LogP contribution in [-0.2, 0) is 35.2 Å². The van der Waals surface area contributed by atoms with Crippen molar-refractivity contribution in [3.05, 3.63) is 71.5 Å². The van der Waals surface area contributed by atoms with Crippen molar-refractivity contribution in [3.63, 3.8) is 0 Å². The van der Waals surface area contributed by atoms with E-state index in [1.165, 1.54) is 7.11 Å². The number of alkyl carbamates (subject to hydrolysis) is 1. The fourth-order valence-electron chi connectivity index (χ4n) is 3.13. The number of carboxylic acids is 1. The first-order chi connectivity index (χ1) is 16.4. The maximum absolute atomic E-state index is 12.6. The quantitative estimate of drug-likeness (QED) is 0.475. The number of rotatable bonds is 11. The van der Waals surface area contributed by atoms with Gasteiger partial charge in [0.15, 0.2) is 5.78 Å². The lowest BCUT2D eigenvalue weighted by molar-refractivity contribution is -0.140. The van der Waals surface area contributed by atoms with Gasteiger partial charge in [0.05, 0.1) is 13.5 Å². The summed E-state index contributed by atoms with van der Waals surface area (Å²) in [4.78, 5) is 48.1. The van der Waals surface area contributed by atoms with Crippen molar-refractivity contribution >= 4 is 29.4 Å². The second-order valence-electron chi connectivity index (χ2n) is 7.21. The van der Waals surface area contributed by atoms with E-state index < -0.39 is 42.9 Å². The fourth-order valence-corrected chi connectivity index (χ4v) is 3.13. The van der Waals surface area contributed by atoms with E-state index in [1.807, 2.05) is 6.07 Å². The zero-order valence-corrected chi connectivity index (χ0v) is 18.3. The summed E-state index contributed by atoms with van der Waals surface area (Å²) in [6.45, 7) is -0.805. The van der Waals surface area contributed by atoms with Gasteiger partial charge in [-0.05, 0) is 23.3 Å². The molecule has 0 fully saturated rings. The summed E-state index contributed by atoms with van der Waals surface area (Å²) in [6.07, 6.45) is -1.61. The Morgan fingerprint density at radius 1 is 1.09 bits per heavy atom. The third kappa shape index (κ3) is 6.58. The summed E-state index contributed by atoms with van der Waals surface area (Å²) in [5.41, 5.74) is 1.39. The highest BCUT2D eigenvalue weighted by atomic mass is 16.6. The summed E-state index contributed by atoms with van der Waals surface area (Å²) in [5.74, 6) is -1.89. The molecule has 1 atom stereocenters. The predicted molar refractivity (Wildman–Crippen MR) is 118 cm³/mol. The average molecular weight is 469 g/mol. The molecular weight excluding hydrogens is 446 g/mol. The van der Waals surface area contributed by atoms with Crippen molar-refractivity contribution in [2.24, 2.45) is 0 Å². The Hall–Kier alpha value is -4.34. The third-order valence-electron chi connectivity index (χ3n) is 4.86. The molecule has 34 heavy (non-hydrogen) atoms. The minimum atomic E-state index is -1.39. The first-order valence-corrected chi connectivity index (χ1v) is 10.3. The van der Waals surface area contributed by atoms with Gasteiger partial charge >= 0.3 is 18.0 Å². The van der Waals surface area contributed by atoms with Crippen LogP contribution in [0.5, 0.6) is 5.75 Å². The number of nitrogens with one attached hydrogen (secondary N) is 1. The van der Waals surface area contributed by atoms with Gasteiger partial charge in [0.2, 0.25) is 0 Å². The molecule has 0 spiro atoms. The molecule has 2 aromatic rings. The molecule has 0 saturated carbocycles. The number of ketones is 1. The molecule has 0 unspecified atom stereocenters. The molecule has 0 aromatic heterocycles. The van der Waals surface area contributed by atoms with Gasteiger partial charge < -0.3 is 29.4 Å². The number of hydrogen-bond acceptors (Lipinski definition) is 8. The number of cyclic esters (lactones) is 1. The van der Waals surface area contributed by atoms with Crippen LogP contribution >= 0.6 is 0 Å². The minimum Gasteiger partial charge on any atom is -0.497 e. The Morgan fingerprint density at radius 3 is 2.44 bits per heavy atom. The van der Waals surface area contributed by atoms with Crippen molar-refractivity contribution in [1.82, 2.24) is 5.32 Å². The first kappa shape index (κ1) is 24.3. The highest BCUT2D eigenvalue weighted by Gasteiger charge is 2.30. The summed E-state index contributed by atoms with van der Waals surface area (Å²) < 4.78 is 20.7. The van der Waals surface area contributed by atoms with E-state index in [1.54, 1.807) is 48.5 Å². The number of carbonyl (C=O) groups excluding carboxylic acids is 3. The lowest BCUT2D eigenvalue weighted by atomic mass is 10.1. The van der Waals surface area contributed by atoms with Crippen molar-refractivity contribution in [2.45, 2.75) is 19.1 Å². The minimum absolute atomic E-state index is 0.0469. The van der Waals surface area contributed by atoms with Crippen LogP contribution < -0.4 is 10.1 Å². The van der Waals surface area contributed by atoms with Gasteiger partial charge in [0.25, 0.3) is 0 Å². The molecule has 1 aliphatic heterocycles. The molecule has 0 bridgehead atoms. The zero-order chi connectivity index (χ0) is 24.5. The number of carboxylic acid groups (broad SMARTS) is 1. The van der Waals surface area contributed by atoms with Gasteiger partial charge in [0, 0.05) is 0 Å². The van der Waals surface area contributed by atoms with Crippen LogP contribution in [0.4, 0.5) is 4.79 Å². The Labute approximate surface area is 195 Å². The Morgan fingerprint density at radius 2 is 1.79 bits per heavy atom. The number of esters is 1. The maximum atomic E-state index is 12.6. The van der Waals surface area contributed by atoms with Gasteiger partial charge in [-0.15, -0.1) is 0 Å². The molecule has 2 aromatic carbocycles. The van der Waals surface area contributed by atoms with Crippen LogP contribution in [0.2, 0.25) is 0 Å². The second kappa shape index (κ2) is 11.5. The number of aliphatic carboxylic acids is 1. The lowest BCUT2D eigenvalue weighted by Crippen LogP contribution is -2.44. The molecule has 1 aliphatic rings. The van der Waals surface area contributed by atoms with E-state index in [9.17, 15) is 19.2 Å². The third-order valence-corrected chi connectivity index (χ3v) is 4.86. The topological polar surface area (TPSA) is 137 Å². The standard InChI is InChI=1S/C24H23NO9/c1-31-17-9-7-16(8-10-17)22-20(14-33-23(22)29)32-13-19(26)18(11-21(27)28)25-24(30)34-12-15-5-3-2-4-6-15/h2-10,18H,11-14H2,1H3,(H,25,30)(H,27,28)/t18-/m0/s1. The van der Waals surface area contributed by atoms with Crippen molar-refractivity contribution in [2.75, 3.05) is 20.3 Å². The van der Waals surface area contributed by atoms with Crippen LogP contribution in [0.15, 0.2) is 60.4 Å². The Bertz CT molecular complexity index is 1080. The van der Waals surface area contributed by atoms with Gasteiger partial charge in [-0.2, -0.15) is 0 Å². The molecule has 3 rings (SSSR count). The fraction of sp³-hybridized carbons (Fsp3) is 0.250. The second-order valence-corrected chi connectivity index (χ2v) is 7.21. The van der Waals surface area contributed by atoms with Crippen LogP contribution in [-0.4, -0.2) is 55.3 Å². The molecule has 0 radical (unpaired) electrons. The number of hydrogen-bond donors (Lipinski definition) is 2. The van der Waals surface area contributed by atoms with Crippen molar-refractivity contribution in [3.8, 4) is 5.75 Å². The van der Waals surface area contributed by atoms with E-state index >= 15 is 0 Å². The normalized spacial score (nSPS) is 13.6. The highest BCUT2D eigenvalue weighted by Crippen LogP contribution is 2.28. The van der Waals surface area contributed by atoms with Crippen LogP contribution in [0.1, 0.15) is 17.5 Å². The van der Waals surface area contributed by atoms with Crippen LogP contribution in [0.25, 0.3) is 5.57 Å². The van der Waals surface area contributed by atoms with E-state index in [-0.39, 0.29) is 24.5 Å². The van der Waals surface area contributed by atoms with Crippen molar-refractivity contribution < 1.29 is 43.2 Å². The first-order valence-electron chi connectivity index (χ1n) is 10.3. The Balaban J connectivity index is 1.63. The van der Waals surface area contributed by atoms with Gasteiger partial charge in [-0.3, -0.25) is 9.59 Å². The number of ether oxygens (including phenoxy) is 4. The van der Waals surface area contributed by atoms with E-state index in [0.29, 0.717) is 11.3 Å². The zero-order valence-electron chi connectivity index (χ0n) is 18.3. The summed E-state index contributed by atoms with van der Waals surface area (Å²) in [6, 6.07) is 14.1. The lowest BCUT2D eigenvalue weighted by Gasteiger charge is -2.16. The number of Topliss-reactive ketones (excluding diaryl/α,β-unsaturated/α-hetero) is 1. The van der Waals surface area contributed by atoms with E-state index in [2.05, 4.69) is 5.32 Å². The van der Waals surface area contributed by atoms with Gasteiger partial charge in [0.1, 0.15) is 42.9 Å². The maximum Gasteiger partial charge on any atom is 0.408 e. The number of amides is 1. The monoisotopic (exact) mass is 469 g/mol. The molecule has 0 aliphatic carbocycles. The van der Waals surface area contributed by atoms with Gasteiger partial charge in [-0.25, -0.2) is 9.59 Å². The van der Waals surface area contributed by atoms with Gasteiger partial charge in [-0.1, -0.05) is 42.5 Å². The molecule has 1 heterocycles. The molecule has 2 N–H and O–H groups in total. The van der Waals surface area contributed by atoms with E-state index in [0.717, 1.165) is 5.56 Å². The van der Waals surface area contributed by atoms with Crippen LogP contribution in [0, 0.1) is 0 Å². The Kier molecular flexibility index (Phi) is 8.22. The molecule has 178 valence electrons. The molecular formula is C24H23NO9. The number of methoxy groups -OCH3 is 1. The van der Waals surface area contributed by atoms with E-state index in [4.69, 9.17) is 24.1 Å². The smallest absolute Gasteiger partial charge is 0.408 e. The summed E-state index contributed by atoms with van der Waals surface area (Å²) >= 11 is 0. The number of benzene rings is 2. The number of carbonyl (C=O) groups is 4. The van der Waals surface area contributed by atoms with Crippen LogP contribution in [0.3, 0.4) is 0 Å².